The summed E-state index contributed by atoms with van der Waals surface area (Å²) in [6.45, 7) is 4.52. The fourth-order valence-electron chi connectivity index (χ4n) is 10.2. The minimum Gasteiger partial charge on any atom is -0.756 e. The van der Waals surface area contributed by atoms with Gasteiger partial charge in [0.15, 0.2) is 0 Å². The van der Waals surface area contributed by atoms with Crippen molar-refractivity contribution < 1.29 is 32.9 Å². The topological polar surface area (TPSA) is 108 Å². The molecule has 0 rings (SSSR count). The first-order chi connectivity index (χ1) is 43.0. The highest BCUT2D eigenvalue weighted by atomic mass is 31.2. The van der Waals surface area contributed by atoms with E-state index in [1.165, 1.54) is 193 Å². The summed E-state index contributed by atoms with van der Waals surface area (Å²) in [6.07, 6.45) is 103. The highest BCUT2D eigenvalue weighted by Crippen LogP contribution is 2.38. The molecule has 0 fully saturated rings. The first kappa shape index (κ1) is 84.6. The van der Waals surface area contributed by atoms with E-state index in [1.807, 2.05) is 27.2 Å². The Morgan fingerprint density at radius 2 is 0.705 bits per heavy atom. The zero-order valence-corrected chi connectivity index (χ0v) is 58.8. The number of aliphatic hydroxyl groups excluding tert-OH is 1. The van der Waals surface area contributed by atoms with Crippen LogP contribution in [0, 0.1) is 0 Å². The first-order valence-electron chi connectivity index (χ1n) is 36.5. The van der Waals surface area contributed by atoms with Gasteiger partial charge in [0, 0.05) is 6.42 Å². The van der Waals surface area contributed by atoms with Gasteiger partial charge in [0.05, 0.1) is 39.9 Å². The Labute approximate surface area is 545 Å². The van der Waals surface area contributed by atoms with Gasteiger partial charge in [-0.3, -0.25) is 9.36 Å². The average molecular weight is 1240 g/mol. The van der Waals surface area contributed by atoms with Crippen molar-refractivity contribution in [1.29, 1.82) is 0 Å². The molecule has 3 unspecified atom stereocenters. The van der Waals surface area contributed by atoms with E-state index in [-0.39, 0.29) is 12.5 Å². The molecule has 1 amide bonds. The zero-order valence-electron chi connectivity index (χ0n) is 57.9. The van der Waals surface area contributed by atoms with E-state index in [0.717, 1.165) is 96.3 Å². The normalized spacial score (nSPS) is 14.4. The van der Waals surface area contributed by atoms with Crippen LogP contribution in [0.3, 0.4) is 0 Å². The van der Waals surface area contributed by atoms with Crippen molar-refractivity contribution >= 4 is 13.7 Å². The number of allylic oxidation sites excluding steroid dienone is 21. The Bertz CT molecular complexity index is 1900. The molecule has 0 bridgehead atoms. The monoisotopic (exact) mass is 1240 g/mol. The van der Waals surface area contributed by atoms with Gasteiger partial charge in [0.2, 0.25) is 5.91 Å². The molecular weight excluding hydrogens is 1100 g/mol. The molecule has 0 heterocycles. The lowest BCUT2D eigenvalue weighted by molar-refractivity contribution is -0.870. The Kier molecular flexibility index (Phi) is 65.4. The molecule has 2 N–H and O–H groups in total. The van der Waals surface area contributed by atoms with Crippen LogP contribution < -0.4 is 10.2 Å². The van der Waals surface area contributed by atoms with Crippen molar-refractivity contribution in [3.05, 3.63) is 134 Å². The van der Waals surface area contributed by atoms with Crippen molar-refractivity contribution in [3.63, 3.8) is 0 Å². The Balaban J connectivity index is 4.08. The van der Waals surface area contributed by atoms with Gasteiger partial charge in [-0.25, -0.2) is 0 Å². The van der Waals surface area contributed by atoms with Gasteiger partial charge >= 0.3 is 0 Å². The predicted molar refractivity (Wildman–Crippen MR) is 385 cm³/mol. The van der Waals surface area contributed by atoms with Crippen LogP contribution in [-0.2, 0) is 18.4 Å². The number of rotatable bonds is 66. The highest BCUT2D eigenvalue weighted by Gasteiger charge is 2.23. The molecule has 0 aromatic heterocycles. The number of phosphoric ester groups is 1. The van der Waals surface area contributed by atoms with Crippen molar-refractivity contribution in [3.8, 4) is 0 Å². The summed E-state index contributed by atoms with van der Waals surface area (Å²) in [5, 5.41) is 13.9. The third kappa shape index (κ3) is 70.1. The SMILES string of the molecule is CC/C=C\C/C=C\C/C=C\C/C=C\C/C=C\C/C=C\C/C=C\C/C=C\CCCCCCCCCCCCCCCCCCC(=O)NC(COP(=O)([O-])OCC[N+](C)(C)C)C(O)/C=C/CC/C=C/CC/C=C/CCCCCCCCCCCCCCCCC. The molecule has 506 valence electrons. The third-order valence-corrected chi connectivity index (χ3v) is 16.8. The molecule has 0 aliphatic rings. The van der Waals surface area contributed by atoms with Crippen LogP contribution in [0.2, 0.25) is 0 Å². The fourth-order valence-corrected chi connectivity index (χ4v) is 10.9. The minimum absolute atomic E-state index is 0.0132. The molecule has 0 aliphatic heterocycles. The van der Waals surface area contributed by atoms with Gasteiger partial charge in [0.25, 0.3) is 7.82 Å². The summed E-state index contributed by atoms with van der Waals surface area (Å²) in [7, 11) is 1.23. The maximum Gasteiger partial charge on any atom is 0.268 e. The molecule has 0 aromatic rings. The molecule has 0 spiro atoms. The quantitative estimate of drug-likeness (QED) is 0.0272. The van der Waals surface area contributed by atoms with Crippen LogP contribution >= 0.6 is 7.82 Å². The second-order valence-electron chi connectivity index (χ2n) is 25.5. The number of unbranched alkanes of at least 4 members (excludes halogenated alkanes) is 33. The molecule has 88 heavy (non-hydrogen) atoms. The lowest BCUT2D eigenvalue weighted by Crippen LogP contribution is -2.45. The Hall–Kier alpha value is -3.36. The summed E-state index contributed by atoms with van der Waals surface area (Å²) >= 11 is 0. The van der Waals surface area contributed by atoms with E-state index >= 15 is 0 Å². The van der Waals surface area contributed by atoms with E-state index in [1.54, 1.807) is 6.08 Å². The van der Waals surface area contributed by atoms with Crippen LogP contribution in [0.4, 0.5) is 0 Å². The van der Waals surface area contributed by atoms with Crippen LogP contribution in [0.5, 0.6) is 0 Å². The number of amides is 1. The summed E-state index contributed by atoms with van der Waals surface area (Å²) in [5.74, 6) is -0.212. The number of nitrogens with zero attached hydrogens (tertiary/aromatic N) is 1. The van der Waals surface area contributed by atoms with Crippen molar-refractivity contribution in [2.75, 3.05) is 40.9 Å². The molecular formula is C79H139N2O6P. The summed E-state index contributed by atoms with van der Waals surface area (Å²) in [5.41, 5.74) is 0. The summed E-state index contributed by atoms with van der Waals surface area (Å²) in [4.78, 5) is 25.6. The number of hydrogen-bond acceptors (Lipinski definition) is 6. The highest BCUT2D eigenvalue weighted by molar-refractivity contribution is 7.45. The van der Waals surface area contributed by atoms with Gasteiger partial charge in [-0.05, 0) is 109 Å². The van der Waals surface area contributed by atoms with E-state index < -0.39 is 26.6 Å². The zero-order chi connectivity index (χ0) is 64.1. The first-order valence-corrected chi connectivity index (χ1v) is 38.0. The van der Waals surface area contributed by atoms with Gasteiger partial charge in [0.1, 0.15) is 13.2 Å². The molecule has 0 radical (unpaired) electrons. The third-order valence-electron chi connectivity index (χ3n) is 15.8. The molecule has 0 aromatic carbocycles. The second kappa shape index (κ2) is 68.0. The molecule has 0 saturated carbocycles. The maximum absolute atomic E-state index is 13.0. The number of likely N-dealkylation sites (N-methyl/N-ethyl adjacent to an activating group) is 1. The van der Waals surface area contributed by atoms with Gasteiger partial charge in [-0.1, -0.05) is 327 Å². The standard InChI is InChI=1S/C79H139N2O6P/c1-6-8-10-12-14-16-18-20-22-24-26-28-30-32-33-34-35-36-37-38-39-40-41-42-43-44-45-46-47-49-51-53-55-57-59-61-63-65-67-69-71-73-79(83)80-77(76-87-88(84,85)86-75-74-81(3,4)5)78(82)72-70-68-66-64-62-60-58-56-54-52-50-48-31-29-27-25-23-21-19-17-15-13-11-9-7-2/h8,10,14,16,20,22,26,28,32-33,35-36,38-39,41-42,54,56,62,64,70,72,77-78,82H,6-7,9,11-13,15,17-19,21,23-25,27,29-31,34,37,40,43-53,55,57-61,63,65-69,71,73-76H2,1-5H3,(H-,80,83,84,85)/b10-8-,16-14-,22-20-,28-26-,33-32-,36-35-,39-38-,42-41-,56-54+,64-62+,72-70+. The lowest BCUT2D eigenvalue weighted by Gasteiger charge is -2.29. The van der Waals surface area contributed by atoms with Crippen LogP contribution in [0.25, 0.3) is 0 Å². The smallest absolute Gasteiger partial charge is 0.268 e. The number of hydrogen-bond donors (Lipinski definition) is 2. The van der Waals surface area contributed by atoms with Crippen LogP contribution in [0.1, 0.15) is 309 Å². The summed E-state index contributed by atoms with van der Waals surface area (Å²) < 4.78 is 23.4. The van der Waals surface area contributed by atoms with Crippen molar-refractivity contribution in [2.24, 2.45) is 0 Å². The molecule has 9 heteroatoms. The maximum atomic E-state index is 13.0. The van der Waals surface area contributed by atoms with E-state index in [4.69, 9.17) is 9.05 Å². The van der Waals surface area contributed by atoms with Gasteiger partial charge in [-0.15, -0.1) is 0 Å². The summed E-state index contributed by atoms with van der Waals surface area (Å²) in [6, 6.07) is -0.918. The largest absolute Gasteiger partial charge is 0.756 e. The number of quaternary nitrogens is 1. The Morgan fingerprint density at radius 1 is 0.409 bits per heavy atom. The second-order valence-corrected chi connectivity index (χ2v) is 27.0. The predicted octanol–water partition coefficient (Wildman–Crippen LogP) is 23.1. The number of nitrogens with one attached hydrogen (secondary N) is 1. The van der Waals surface area contributed by atoms with Crippen molar-refractivity contribution in [1.82, 2.24) is 5.32 Å². The molecule has 0 saturated heterocycles. The number of phosphoric acid groups is 1. The van der Waals surface area contributed by atoms with E-state index in [9.17, 15) is 19.4 Å². The molecule has 3 atom stereocenters. The van der Waals surface area contributed by atoms with Crippen molar-refractivity contribution in [2.45, 2.75) is 321 Å². The van der Waals surface area contributed by atoms with Crippen LogP contribution in [-0.4, -0.2) is 68.5 Å². The van der Waals surface area contributed by atoms with Gasteiger partial charge < -0.3 is 28.8 Å². The van der Waals surface area contributed by atoms with E-state index in [2.05, 4.69) is 141 Å². The average Bonchev–Trinajstić information content (AvgIpc) is 3.71. The van der Waals surface area contributed by atoms with Gasteiger partial charge in [-0.2, -0.15) is 0 Å². The van der Waals surface area contributed by atoms with E-state index in [0.29, 0.717) is 17.4 Å². The Morgan fingerprint density at radius 3 is 1.06 bits per heavy atom. The molecule has 8 nitrogen and oxygen atoms in total. The minimum atomic E-state index is -4.62. The lowest BCUT2D eigenvalue weighted by atomic mass is 10.0. The fraction of sp³-hybridized carbons (Fsp3) is 0.709. The number of carbonyl (C=O) groups is 1. The molecule has 0 aliphatic carbocycles. The number of aliphatic hydroxyl groups is 1. The number of carbonyl (C=O) groups excluding carboxylic acids is 1. The van der Waals surface area contributed by atoms with Crippen LogP contribution in [0.15, 0.2) is 134 Å².